The van der Waals surface area contributed by atoms with Gasteiger partial charge in [-0.15, -0.1) is 0 Å². The van der Waals surface area contributed by atoms with Crippen molar-refractivity contribution in [2.45, 2.75) is 362 Å². The average molecular weight is 1190 g/mol. The van der Waals surface area contributed by atoms with Gasteiger partial charge in [0.2, 0.25) is 5.91 Å². The van der Waals surface area contributed by atoms with Crippen molar-refractivity contribution in [2.75, 3.05) is 26.4 Å². The molecule has 3 saturated heterocycles. The number of rotatable bonds is 51. The van der Waals surface area contributed by atoms with Gasteiger partial charge in [-0.1, -0.05) is 231 Å². The van der Waals surface area contributed by atoms with E-state index >= 15 is 0 Å². The molecule has 12 N–H and O–H groups in total. The van der Waals surface area contributed by atoms with Gasteiger partial charge in [0.1, 0.15) is 73.2 Å². The van der Waals surface area contributed by atoms with Crippen LogP contribution in [0.15, 0.2) is 12.2 Å². The lowest BCUT2D eigenvalue weighted by molar-refractivity contribution is -0.379. The number of unbranched alkanes of at least 4 members (excludes halogenated alkanes) is 33. The lowest BCUT2D eigenvalue weighted by atomic mass is 9.96. The minimum Gasteiger partial charge on any atom is -0.394 e. The molecule has 19 heteroatoms. The molecular formula is C64H121NO18. The van der Waals surface area contributed by atoms with E-state index in [1.807, 2.05) is 0 Å². The number of allylic oxidation sites excluding steroid dienone is 2. The zero-order valence-corrected chi connectivity index (χ0v) is 51.4. The third kappa shape index (κ3) is 30.5. The van der Waals surface area contributed by atoms with Gasteiger partial charge in [0, 0.05) is 6.42 Å². The maximum Gasteiger partial charge on any atom is 0.220 e. The van der Waals surface area contributed by atoms with Crippen LogP contribution in [0.5, 0.6) is 0 Å². The molecule has 3 fully saturated rings. The van der Waals surface area contributed by atoms with E-state index in [9.17, 15) is 61.0 Å². The Labute approximate surface area is 499 Å². The highest BCUT2D eigenvalue weighted by atomic mass is 16.8. The monoisotopic (exact) mass is 1190 g/mol. The summed E-state index contributed by atoms with van der Waals surface area (Å²) in [6.07, 6.45) is 23.2. The molecule has 3 aliphatic heterocycles. The first-order chi connectivity index (χ1) is 40.3. The zero-order chi connectivity index (χ0) is 60.5. The summed E-state index contributed by atoms with van der Waals surface area (Å²) in [4.78, 5) is 13.3. The van der Waals surface area contributed by atoms with Gasteiger partial charge in [-0.25, -0.2) is 0 Å². The Kier molecular flexibility index (Phi) is 43.4. The quantitative estimate of drug-likeness (QED) is 0.0205. The fraction of sp³-hybridized carbons (Fsp3) is 0.953. The van der Waals surface area contributed by atoms with Crippen LogP contribution < -0.4 is 5.32 Å². The molecular weight excluding hydrogens is 1070 g/mol. The van der Waals surface area contributed by atoms with Gasteiger partial charge in [0.25, 0.3) is 0 Å². The second-order valence-electron chi connectivity index (χ2n) is 24.3. The van der Waals surface area contributed by atoms with Crippen LogP contribution in [0.3, 0.4) is 0 Å². The van der Waals surface area contributed by atoms with Crippen molar-refractivity contribution in [3.05, 3.63) is 12.2 Å². The minimum atomic E-state index is -1.97. The van der Waals surface area contributed by atoms with E-state index in [2.05, 4.69) is 31.3 Å². The second-order valence-corrected chi connectivity index (χ2v) is 24.3. The van der Waals surface area contributed by atoms with E-state index in [-0.39, 0.29) is 18.9 Å². The molecule has 19 nitrogen and oxygen atoms in total. The second kappa shape index (κ2) is 47.5. The van der Waals surface area contributed by atoms with Crippen LogP contribution in [0.2, 0.25) is 0 Å². The molecule has 490 valence electrons. The number of amides is 1. The topological polar surface area (TPSA) is 307 Å². The maximum absolute atomic E-state index is 13.3. The van der Waals surface area contributed by atoms with E-state index < -0.39 is 124 Å². The number of aliphatic hydroxyl groups excluding tert-OH is 11. The standard InChI is InChI=1S/C64H121NO18/c1-3-5-7-9-11-13-15-16-17-18-19-20-21-22-23-24-25-26-27-28-29-30-32-33-35-37-39-41-48(69)47(65-52(70)42-40-38-36-34-31-14-12-10-8-6-4-2)46-78-62-58(76)55(73)60(50(44-67)80-62)83-64-59(77)56(74)61(51(45-68)81-64)82-63-57(75)54(72)53(71)49(43-66)79-63/h10,12,47-51,53-64,66-69,71-77H,3-9,11,13-46H2,1-2H3,(H,65,70)/b12-10-. The maximum atomic E-state index is 13.3. The molecule has 1 amide bonds. The van der Waals surface area contributed by atoms with Crippen molar-refractivity contribution >= 4 is 5.91 Å². The van der Waals surface area contributed by atoms with Gasteiger partial charge in [0.05, 0.1) is 38.6 Å². The summed E-state index contributed by atoms with van der Waals surface area (Å²) in [5.41, 5.74) is 0. The molecule has 3 aliphatic rings. The average Bonchev–Trinajstić information content (AvgIpc) is 3.53. The van der Waals surface area contributed by atoms with Gasteiger partial charge < -0.3 is 89.9 Å². The summed E-state index contributed by atoms with van der Waals surface area (Å²) in [6.45, 7) is 1.76. The molecule has 3 rings (SSSR count). The van der Waals surface area contributed by atoms with Crippen LogP contribution in [0.4, 0.5) is 0 Å². The van der Waals surface area contributed by atoms with Crippen molar-refractivity contribution in [2.24, 2.45) is 0 Å². The Morgan fingerprint density at radius 3 is 1.20 bits per heavy atom. The first-order valence-electron chi connectivity index (χ1n) is 33.4. The van der Waals surface area contributed by atoms with Crippen LogP contribution in [0.25, 0.3) is 0 Å². The fourth-order valence-electron chi connectivity index (χ4n) is 11.6. The zero-order valence-electron chi connectivity index (χ0n) is 51.4. The van der Waals surface area contributed by atoms with Crippen molar-refractivity contribution < 1.29 is 89.4 Å². The molecule has 0 aromatic carbocycles. The van der Waals surface area contributed by atoms with Crippen LogP contribution in [0.1, 0.15) is 258 Å². The number of nitrogens with one attached hydrogen (secondary N) is 1. The SMILES string of the molecule is CCCC/C=C\CCCCCCCC(=O)NC(COC1OC(CO)C(OC2OC(CO)C(OC3OC(CO)C(O)C(O)C3O)C(O)C2O)C(O)C1O)C(O)CCCCCCCCCCCCCCCCCCCCCCCCCCCCC. The van der Waals surface area contributed by atoms with Crippen molar-refractivity contribution in [3.63, 3.8) is 0 Å². The fourth-order valence-corrected chi connectivity index (χ4v) is 11.6. The van der Waals surface area contributed by atoms with Crippen LogP contribution in [-0.2, 0) is 33.2 Å². The number of hydrogen-bond acceptors (Lipinski definition) is 18. The molecule has 0 saturated carbocycles. The third-order valence-corrected chi connectivity index (χ3v) is 17.1. The van der Waals surface area contributed by atoms with E-state index in [1.54, 1.807) is 0 Å². The molecule has 17 atom stereocenters. The molecule has 0 aromatic heterocycles. The first-order valence-corrected chi connectivity index (χ1v) is 33.4. The van der Waals surface area contributed by atoms with Gasteiger partial charge in [-0.05, 0) is 32.1 Å². The summed E-state index contributed by atoms with van der Waals surface area (Å²) in [6, 6.07) is -0.888. The van der Waals surface area contributed by atoms with Gasteiger partial charge >= 0.3 is 0 Å². The number of carbonyl (C=O) groups is 1. The minimum absolute atomic E-state index is 0.251. The van der Waals surface area contributed by atoms with Gasteiger partial charge in [-0.3, -0.25) is 4.79 Å². The summed E-state index contributed by atoms with van der Waals surface area (Å²) in [5.74, 6) is -0.251. The highest BCUT2D eigenvalue weighted by molar-refractivity contribution is 5.76. The normalized spacial score (nSPS) is 29.4. The van der Waals surface area contributed by atoms with E-state index in [0.717, 1.165) is 64.2 Å². The Morgan fingerprint density at radius 2 is 0.771 bits per heavy atom. The Balaban J connectivity index is 1.40. The summed E-state index contributed by atoms with van der Waals surface area (Å²) < 4.78 is 34.3. The molecule has 83 heavy (non-hydrogen) atoms. The predicted molar refractivity (Wildman–Crippen MR) is 319 cm³/mol. The van der Waals surface area contributed by atoms with Crippen molar-refractivity contribution in [1.29, 1.82) is 0 Å². The summed E-state index contributed by atoms with van der Waals surface area (Å²) in [7, 11) is 0. The summed E-state index contributed by atoms with van der Waals surface area (Å²) >= 11 is 0. The number of aliphatic hydroxyl groups is 11. The molecule has 17 unspecified atom stereocenters. The highest BCUT2D eigenvalue weighted by Crippen LogP contribution is 2.33. The largest absolute Gasteiger partial charge is 0.394 e. The predicted octanol–water partition coefficient (Wildman–Crippen LogP) is 7.72. The Bertz CT molecular complexity index is 1560. The van der Waals surface area contributed by atoms with Crippen LogP contribution >= 0.6 is 0 Å². The molecule has 0 radical (unpaired) electrons. The van der Waals surface area contributed by atoms with Gasteiger partial charge in [-0.2, -0.15) is 0 Å². The number of hydrogen-bond donors (Lipinski definition) is 12. The van der Waals surface area contributed by atoms with Crippen molar-refractivity contribution in [1.82, 2.24) is 5.32 Å². The van der Waals surface area contributed by atoms with Crippen LogP contribution in [-0.4, -0.2) is 193 Å². The highest BCUT2D eigenvalue weighted by Gasteiger charge is 2.53. The summed E-state index contributed by atoms with van der Waals surface area (Å²) in [5, 5.41) is 120. The van der Waals surface area contributed by atoms with E-state index in [4.69, 9.17) is 28.4 Å². The van der Waals surface area contributed by atoms with Crippen LogP contribution in [0, 0.1) is 0 Å². The Hall–Kier alpha value is -1.47. The first kappa shape index (κ1) is 75.8. The lowest BCUT2D eigenvalue weighted by Gasteiger charge is -2.48. The molecule has 0 bridgehead atoms. The molecule has 3 heterocycles. The number of ether oxygens (including phenoxy) is 6. The smallest absolute Gasteiger partial charge is 0.220 e. The van der Waals surface area contributed by atoms with Crippen molar-refractivity contribution in [3.8, 4) is 0 Å². The number of carbonyl (C=O) groups excluding carboxylic acids is 1. The van der Waals surface area contributed by atoms with E-state index in [1.165, 1.54) is 161 Å². The van der Waals surface area contributed by atoms with Gasteiger partial charge in [0.15, 0.2) is 18.9 Å². The molecule has 0 aliphatic carbocycles. The molecule has 0 spiro atoms. The van der Waals surface area contributed by atoms with E-state index in [0.29, 0.717) is 12.8 Å². The molecule has 0 aromatic rings. The Morgan fingerprint density at radius 1 is 0.422 bits per heavy atom. The third-order valence-electron chi connectivity index (χ3n) is 17.1. The lowest BCUT2D eigenvalue weighted by Crippen LogP contribution is -2.66.